The van der Waals surface area contributed by atoms with E-state index in [0.717, 1.165) is 34.0 Å². The number of benzene rings is 1. The van der Waals surface area contributed by atoms with Gasteiger partial charge in [-0.25, -0.2) is 0 Å². The minimum Gasteiger partial charge on any atom is -0.469 e. The van der Waals surface area contributed by atoms with Gasteiger partial charge in [0.2, 0.25) is 5.91 Å². The molecule has 1 atom stereocenters. The monoisotopic (exact) mass is 374 g/mol. The van der Waals surface area contributed by atoms with Gasteiger partial charge in [0.15, 0.2) is 0 Å². The van der Waals surface area contributed by atoms with E-state index >= 15 is 0 Å². The second kappa shape index (κ2) is 7.04. The molecular formula is C18H19BrN2O2. The fourth-order valence-electron chi connectivity index (χ4n) is 2.66. The Labute approximate surface area is 143 Å². The zero-order valence-electron chi connectivity index (χ0n) is 13.0. The molecule has 120 valence electrons. The van der Waals surface area contributed by atoms with Gasteiger partial charge in [-0.3, -0.25) is 4.79 Å². The summed E-state index contributed by atoms with van der Waals surface area (Å²) in [7, 11) is 0. The molecule has 1 aromatic carbocycles. The van der Waals surface area contributed by atoms with Crippen LogP contribution in [0.4, 0.5) is 0 Å². The van der Waals surface area contributed by atoms with Crippen LogP contribution in [0.2, 0.25) is 0 Å². The molecule has 0 aliphatic carbocycles. The highest BCUT2D eigenvalue weighted by Gasteiger charge is 2.10. The zero-order valence-corrected chi connectivity index (χ0v) is 14.5. The van der Waals surface area contributed by atoms with Gasteiger partial charge in [0.05, 0.1) is 6.26 Å². The van der Waals surface area contributed by atoms with Crippen LogP contribution in [-0.2, 0) is 17.8 Å². The summed E-state index contributed by atoms with van der Waals surface area (Å²) in [5, 5.41) is 4.18. The van der Waals surface area contributed by atoms with Gasteiger partial charge in [0.25, 0.3) is 0 Å². The summed E-state index contributed by atoms with van der Waals surface area (Å²) >= 11 is 3.47. The largest absolute Gasteiger partial charge is 0.469 e. The average molecular weight is 375 g/mol. The molecule has 0 fully saturated rings. The number of furan rings is 1. The van der Waals surface area contributed by atoms with Crippen molar-refractivity contribution in [3.8, 4) is 0 Å². The Balaban J connectivity index is 1.56. The quantitative estimate of drug-likeness (QED) is 0.704. The predicted octanol–water partition coefficient (Wildman–Crippen LogP) is 4.13. The number of aryl methyl sites for hydroxylation is 1. The Bertz CT molecular complexity index is 793. The molecule has 3 rings (SSSR count). The molecule has 1 amide bonds. The molecule has 0 radical (unpaired) electrons. The van der Waals surface area contributed by atoms with Gasteiger partial charge in [-0.05, 0) is 49.1 Å². The minimum absolute atomic E-state index is 0.0226. The number of carbonyl (C=O) groups excluding carboxylic acids is 1. The molecule has 0 unspecified atom stereocenters. The van der Waals surface area contributed by atoms with Crippen molar-refractivity contribution in [3.05, 3.63) is 59.1 Å². The van der Waals surface area contributed by atoms with Gasteiger partial charge in [-0.2, -0.15) is 0 Å². The van der Waals surface area contributed by atoms with Crippen LogP contribution in [0.15, 0.2) is 57.7 Å². The molecule has 0 spiro atoms. The highest BCUT2D eigenvalue weighted by Crippen LogP contribution is 2.20. The number of aromatic nitrogens is 1. The summed E-state index contributed by atoms with van der Waals surface area (Å²) in [6.45, 7) is 2.34. The number of fused-ring (bicyclic) bond motifs is 1. The number of hydrogen-bond donors (Lipinski definition) is 1. The topological polar surface area (TPSA) is 47.2 Å². The summed E-state index contributed by atoms with van der Waals surface area (Å²) in [5.41, 5.74) is 1.05. The molecule has 3 aromatic rings. The molecule has 0 aliphatic heterocycles. The molecule has 0 saturated carbocycles. The maximum absolute atomic E-state index is 12.2. The zero-order chi connectivity index (χ0) is 16.2. The molecule has 0 saturated heterocycles. The fourth-order valence-corrected chi connectivity index (χ4v) is 3.00. The minimum atomic E-state index is 0.0226. The first-order chi connectivity index (χ1) is 11.1. The molecule has 4 nitrogen and oxygen atoms in total. The molecule has 0 bridgehead atoms. The smallest absolute Gasteiger partial charge is 0.240 e. The van der Waals surface area contributed by atoms with Crippen LogP contribution < -0.4 is 5.32 Å². The van der Waals surface area contributed by atoms with Gasteiger partial charge in [0.1, 0.15) is 12.3 Å². The number of rotatable bonds is 6. The first-order valence-electron chi connectivity index (χ1n) is 7.68. The van der Waals surface area contributed by atoms with E-state index in [-0.39, 0.29) is 11.9 Å². The molecular weight excluding hydrogens is 356 g/mol. The number of carbonyl (C=O) groups is 1. The Morgan fingerprint density at radius 1 is 1.35 bits per heavy atom. The van der Waals surface area contributed by atoms with Crippen molar-refractivity contribution in [2.75, 3.05) is 0 Å². The highest BCUT2D eigenvalue weighted by atomic mass is 79.9. The lowest BCUT2D eigenvalue weighted by atomic mass is 10.1. The summed E-state index contributed by atoms with van der Waals surface area (Å²) in [5.74, 6) is 0.974. The lowest BCUT2D eigenvalue weighted by Gasteiger charge is -2.14. The van der Waals surface area contributed by atoms with Crippen LogP contribution in [0.1, 0.15) is 19.1 Å². The van der Waals surface area contributed by atoms with Crippen LogP contribution in [0.5, 0.6) is 0 Å². The lowest BCUT2D eigenvalue weighted by molar-refractivity contribution is -0.122. The molecule has 23 heavy (non-hydrogen) atoms. The number of nitrogens with zero attached hydrogens (tertiary/aromatic N) is 1. The Morgan fingerprint density at radius 3 is 3.00 bits per heavy atom. The van der Waals surface area contributed by atoms with E-state index in [1.165, 1.54) is 0 Å². The number of amides is 1. The van der Waals surface area contributed by atoms with Crippen molar-refractivity contribution in [2.24, 2.45) is 0 Å². The molecule has 5 heteroatoms. The standard InChI is InChI=1S/C18H19BrN2O2/c1-13(4-7-16-3-2-10-23-16)20-18(22)12-21-9-8-14-5-6-15(19)11-17(14)21/h2-3,5-6,8-11,13H,4,7,12H2,1H3,(H,20,22)/t13-/m1/s1. The van der Waals surface area contributed by atoms with Crippen LogP contribution in [0, 0.1) is 0 Å². The van der Waals surface area contributed by atoms with Crippen molar-refractivity contribution in [1.82, 2.24) is 9.88 Å². The normalized spacial score (nSPS) is 12.4. The van der Waals surface area contributed by atoms with Gasteiger partial charge in [-0.1, -0.05) is 22.0 Å². The summed E-state index contributed by atoms with van der Waals surface area (Å²) in [6, 6.07) is 12.1. The van der Waals surface area contributed by atoms with E-state index in [9.17, 15) is 4.79 Å². The van der Waals surface area contributed by atoms with E-state index in [4.69, 9.17) is 4.42 Å². The van der Waals surface area contributed by atoms with E-state index in [1.54, 1.807) is 6.26 Å². The second-order valence-corrected chi connectivity index (χ2v) is 6.65. The number of hydrogen-bond acceptors (Lipinski definition) is 2. The third-order valence-corrected chi connectivity index (χ3v) is 4.35. The van der Waals surface area contributed by atoms with Gasteiger partial charge in [0, 0.05) is 28.6 Å². The number of nitrogens with one attached hydrogen (secondary N) is 1. The van der Waals surface area contributed by atoms with Crippen molar-refractivity contribution in [3.63, 3.8) is 0 Å². The van der Waals surface area contributed by atoms with Crippen LogP contribution >= 0.6 is 15.9 Å². The first kappa shape index (κ1) is 15.9. The summed E-state index contributed by atoms with van der Waals surface area (Å²) < 4.78 is 8.29. The predicted molar refractivity (Wildman–Crippen MR) is 94.3 cm³/mol. The van der Waals surface area contributed by atoms with Crippen molar-refractivity contribution >= 4 is 32.7 Å². The molecule has 2 aromatic heterocycles. The van der Waals surface area contributed by atoms with Gasteiger partial charge in [-0.15, -0.1) is 0 Å². The van der Waals surface area contributed by atoms with Crippen molar-refractivity contribution in [1.29, 1.82) is 0 Å². The van der Waals surface area contributed by atoms with Crippen molar-refractivity contribution < 1.29 is 9.21 Å². The molecule has 0 aliphatic rings. The first-order valence-corrected chi connectivity index (χ1v) is 8.47. The van der Waals surface area contributed by atoms with Gasteiger partial charge >= 0.3 is 0 Å². The van der Waals surface area contributed by atoms with Gasteiger partial charge < -0.3 is 14.3 Å². The summed E-state index contributed by atoms with van der Waals surface area (Å²) in [6.07, 6.45) is 5.31. The fraction of sp³-hybridized carbons (Fsp3) is 0.278. The molecule has 1 N–H and O–H groups in total. The maximum atomic E-state index is 12.2. The Kier molecular flexibility index (Phi) is 4.86. The van der Waals surface area contributed by atoms with E-state index in [0.29, 0.717) is 6.54 Å². The lowest BCUT2D eigenvalue weighted by Crippen LogP contribution is -2.35. The van der Waals surface area contributed by atoms with E-state index < -0.39 is 0 Å². The third kappa shape index (κ3) is 4.05. The van der Waals surface area contributed by atoms with Crippen LogP contribution in [0.25, 0.3) is 10.9 Å². The Hall–Kier alpha value is -2.01. The molecule has 2 heterocycles. The second-order valence-electron chi connectivity index (χ2n) is 5.73. The summed E-state index contributed by atoms with van der Waals surface area (Å²) in [4.78, 5) is 12.2. The van der Waals surface area contributed by atoms with E-state index in [2.05, 4.69) is 21.2 Å². The third-order valence-electron chi connectivity index (χ3n) is 3.86. The number of halogens is 1. The maximum Gasteiger partial charge on any atom is 0.240 e. The van der Waals surface area contributed by atoms with Crippen molar-refractivity contribution in [2.45, 2.75) is 32.4 Å². The highest BCUT2D eigenvalue weighted by molar-refractivity contribution is 9.10. The van der Waals surface area contributed by atoms with Crippen LogP contribution in [-0.4, -0.2) is 16.5 Å². The Morgan fingerprint density at radius 2 is 2.22 bits per heavy atom. The van der Waals surface area contributed by atoms with E-state index in [1.807, 2.05) is 54.1 Å². The van der Waals surface area contributed by atoms with Crippen LogP contribution in [0.3, 0.4) is 0 Å². The average Bonchev–Trinajstić information content (AvgIpc) is 3.15. The SMILES string of the molecule is C[C@H](CCc1ccco1)NC(=O)Cn1ccc2ccc(Br)cc21.